The van der Waals surface area contributed by atoms with Gasteiger partial charge in [0.1, 0.15) is 0 Å². The summed E-state index contributed by atoms with van der Waals surface area (Å²) in [4.78, 5) is 9.56. The molecule has 0 aliphatic heterocycles. The number of rotatable bonds is 8. The summed E-state index contributed by atoms with van der Waals surface area (Å²) in [6.07, 6.45) is 0.448. The number of nitrogens with one attached hydrogen (secondary N) is 1. The van der Waals surface area contributed by atoms with Gasteiger partial charge in [-0.2, -0.15) is 0 Å². The Bertz CT molecular complexity index is 729. The van der Waals surface area contributed by atoms with Gasteiger partial charge in [-0.05, 0) is 25.3 Å². The van der Waals surface area contributed by atoms with Crippen LogP contribution in [0.15, 0.2) is 17.0 Å². The van der Waals surface area contributed by atoms with Crippen LogP contribution in [0.4, 0.5) is 10.1 Å². The van der Waals surface area contributed by atoms with Gasteiger partial charge in [-0.3, -0.25) is 10.1 Å². The largest absolute Gasteiger partial charge is 0.488 e. The van der Waals surface area contributed by atoms with Gasteiger partial charge in [-0.25, -0.2) is 17.5 Å². The third-order valence-corrected chi connectivity index (χ3v) is 5.02. The van der Waals surface area contributed by atoms with E-state index in [2.05, 4.69) is 9.46 Å². The van der Waals surface area contributed by atoms with E-state index in [4.69, 9.17) is 5.73 Å². The molecule has 8 nitrogen and oxygen atoms in total. The number of ether oxygens (including phenoxy) is 1. The molecule has 1 atom stereocenters. The number of nitro benzene ring substituents is 1. The zero-order valence-corrected chi connectivity index (χ0v) is 16.0. The lowest BCUT2D eigenvalue weighted by Gasteiger charge is -2.30. The standard InChI is InChI=1S/C14H22FN3O5S.ClH/c1-9(2)7-14(3,8-16)17-24(21,22)10-5-11(15)13(23-4)12(6-10)18(19)20;/h5-6,9,17H,7-8,16H2,1-4H3;1H. The Morgan fingerprint density at radius 1 is 1.44 bits per heavy atom. The summed E-state index contributed by atoms with van der Waals surface area (Å²) in [5.74, 6) is -1.60. The van der Waals surface area contributed by atoms with Gasteiger partial charge in [0.2, 0.25) is 15.8 Å². The maximum atomic E-state index is 14.0. The first-order valence-electron chi connectivity index (χ1n) is 7.21. The van der Waals surface area contributed by atoms with Crippen LogP contribution in [0.25, 0.3) is 0 Å². The lowest BCUT2D eigenvalue weighted by Crippen LogP contribution is -2.52. The number of hydrogen-bond donors (Lipinski definition) is 2. The molecule has 3 N–H and O–H groups in total. The first-order valence-corrected chi connectivity index (χ1v) is 8.70. The minimum absolute atomic E-state index is 0. The first-order chi connectivity index (χ1) is 11.0. The first kappa shape index (κ1) is 23.5. The van der Waals surface area contributed by atoms with Crippen LogP contribution in [0.1, 0.15) is 27.2 Å². The fourth-order valence-corrected chi connectivity index (χ4v) is 3.96. The fraction of sp³-hybridized carbons (Fsp3) is 0.571. The van der Waals surface area contributed by atoms with E-state index in [9.17, 15) is 22.9 Å². The molecule has 11 heteroatoms. The summed E-state index contributed by atoms with van der Waals surface area (Å²) < 4.78 is 46.1. The molecular formula is C14H23ClFN3O5S. The van der Waals surface area contributed by atoms with Gasteiger partial charge in [0.15, 0.2) is 5.82 Å². The van der Waals surface area contributed by atoms with Gasteiger partial charge in [-0.1, -0.05) is 13.8 Å². The smallest absolute Gasteiger partial charge is 0.315 e. The second kappa shape index (κ2) is 8.75. The predicted molar refractivity (Wildman–Crippen MR) is 94.1 cm³/mol. The van der Waals surface area contributed by atoms with Crippen LogP contribution < -0.4 is 15.2 Å². The number of methoxy groups -OCH3 is 1. The van der Waals surface area contributed by atoms with Gasteiger partial charge < -0.3 is 10.5 Å². The maximum absolute atomic E-state index is 14.0. The molecule has 25 heavy (non-hydrogen) atoms. The molecule has 0 aromatic heterocycles. The second-order valence-corrected chi connectivity index (χ2v) is 7.87. The molecule has 1 unspecified atom stereocenters. The zero-order chi connectivity index (χ0) is 18.7. The van der Waals surface area contributed by atoms with Gasteiger partial charge in [0, 0.05) is 18.2 Å². The number of hydrogen-bond acceptors (Lipinski definition) is 6. The molecular weight excluding hydrogens is 377 g/mol. The summed E-state index contributed by atoms with van der Waals surface area (Å²) in [5.41, 5.74) is 3.94. The minimum Gasteiger partial charge on any atom is -0.488 e. The summed E-state index contributed by atoms with van der Waals surface area (Å²) >= 11 is 0. The fourth-order valence-electron chi connectivity index (χ4n) is 2.50. The molecule has 0 heterocycles. The molecule has 0 saturated heterocycles. The lowest BCUT2D eigenvalue weighted by molar-refractivity contribution is -0.386. The zero-order valence-electron chi connectivity index (χ0n) is 14.4. The number of nitro groups is 1. The van der Waals surface area contributed by atoms with Crippen molar-refractivity contribution in [3.63, 3.8) is 0 Å². The van der Waals surface area contributed by atoms with E-state index < -0.39 is 42.6 Å². The van der Waals surface area contributed by atoms with Crippen molar-refractivity contribution >= 4 is 28.1 Å². The highest BCUT2D eigenvalue weighted by atomic mass is 35.5. The Morgan fingerprint density at radius 3 is 2.40 bits per heavy atom. The van der Waals surface area contributed by atoms with Crippen LogP contribution in [0.5, 0.6) is 5.75 Å². The van der Waals surface area contributed by atoms with Gasteiger partial charge in [0.25, 0.3) is 0 Å². The van der Waals surface area contributed by atoms with E-state index in [-0.39, 0.29) is 24.9 Å². The molecule has 1 rings (SSSR count). The van der Waals surface area contributed by atoms with Gasteiger partial charge in [-0.15, -0.1) is 12.4 Å². The number of halogens is 2. The highest BCUT2D eigenvalue weighted by Gasteiger charge is 2.32. The van der Waals surface area contributed by atoms with E-state index in [0.717, 1.165) is 13.2 Å². The quantitative estimate of drug-likeness (QED) is 0.510. The van der Waals surface area contributed by atoms with E-state index in [0.29, 0.717) is 12.5 Å². The Morgan fingerprint density at radius 2 is 2.00 bits per heavy atom. The number of benzene rings is 1. The molecule has 1 aromatic carbocycles. The average Bonchev–Trinajstić information content (AvgIpc) is 2.44. The van der Waals surface area contributed by atoms with Gasteiger partial charge >= 0.3 is 5.69 Å². The molecule has 0 aliphatic rings. The van der Waals surface area contributed by atoms with E-state index >= 15 is 0 Å². The van der Waals surface area contributed by atoms with Crippen molar-refractivity contribution in [2.75, 3.05) is 13.7 Å². The Hall–Kier alpha value is -1.49. The molecule has 0 radical (unpaired) electrons. The summed E-state index contributed by atoms with van der Waals surface area (Å²) in [6.45, 7) is 5.45. The summed E-state index contributed by atoms with van der Waals surface area (Å²) in [5, 5.41) is 11.0. The molecule has 0 bridgehead atoms. The van der Waals surface area contributed by atoms with Crippen LogP contribution in [-0.2, 0) is 10.0 Å². The monoisotopic (exact) mass is 399 g/mol. The normalized spacial score (nSPS) is 13.9. The molecule has 0 fully saturated rings. The minimum atomic E-state index is -4.21. The van der Waals surface area contributed by atoms with Crippen molar-refractivity contribution in [3.8, 4) is 5.75 Å². The number of nitrogens with zero attached hydrogens (tertiary/aromatic N) is 1. The predicted octanol–water partition coefficient (Wildman–Crippen LogP) is 2.21. The Labute approximate surface area is 152 Å². The molecule has 0 aliphatic carbocycles. The highest BCUT2D eigenvalue weighted by molar-refractivity contribution is 7.89. The third kappa shape index (κ3) is 5.77. The summed E-state index contributed by atoms with van der Waals surface area (Å²) in [7, 11) is -3.15. The number of nitrogens with two attached hydrogens (primary N) is 1. The third-order valence-electron chi connectivity index (χ3n) is 3.40. The van der Waals surface area contributed by atoms with Crippen LogP contribution in [-0.4, -0.2) is 32.5 Å². The van der Waals surface area contributed by atoms with Crippen molar-refractivity contribution in [2.24, 2.45) is 11.7 Å². The molecule has 144 valence electrons. The second-order valence-electron chi connectivity index (χ2n) is 6.18. The Balaban J connectivity index is 0.00000576. The van der Waals surface area contributed by atoms with Gasteiger partial charge in [0.05, 0.1) is 16.9 Å². The van der Waals surface area contributed by atoms with E-state index in [1.165, 1.54) is 0 Å². The SMILES string of the molecule is COc1c(F)cc(S(=O)(=O)NC(C)(CN)CC(C)C)cc1[N+](=O)[O-].Cl. The molecule has 0 saturated carbocycles. The van der Waals surface area contributed by atoms with E-state index in [1.54, 1.807) is 6.92 Å². The highest BCUT2D eigenvalue weighted by Crippen LogP contribution is 2.33. The van der Waals surface area contributed by atoms with E-state index in [1.807, 2.05) is 13.8 Å². The topological polar surface area (TPSA) is 125 Å². The maximum Gasteiger partial charge on any atom is 0.315 e. The van der Waals surface area contributed by atoms with Crippen molar-refractivity contribution in [1.82, 2.24) is 4.72 Å². The number of sulfonamides is 1. The van der Waals surface area contributed by atoms with Crippen molar-refractivity contribution in [3.05, 3.63) is 28.1 Å². The lowest BCUT2D eigenvalue weighted by atomic mass is 9.92. The molecule has 0 spiro atoms. The van der Waals surface area contributed by atoms with Crippen LogP contribution in [0.3, 0.4) is 0 Å². The van der Waals surface area contributed by atoms with Crippen molar-refractivity contribution in [2.45, 2.75) is 37.6 Å². The molecule has 0 amide bonds. The van der Waals surface area contributed by atoms with Crippen LogP contribution in [0, 0.1) is 21.8 Å². The average molecular weight is 400 g/mol. The van der Waals surface area contributed by atoms with Crippen molar-refractivity contribution < 1.29 is 22.5 Å². The van der Waals surface area contributed by atoms with Crippen LogP contribution in [0.2, 0.25) is 0 Å². The summed E-state index contributed by atoms with van der Waals surface area (Å²) in [6, 6.07) is 1.44. The van der Waals surface area contributed by atoms with Crippen molar-refractivity contribution in [1.29, 1.82) is 0 Å². The van der Waals surface area contributed by atoms with Crippen LogP contribution >= 0.6 is 12.4 Å². The molecule has 1 aromatic rings. The Kier molecular flexibility index (Phi) is 8.22.